The van der Waals surface area contributed by atoms with Crippen molar-refractivity contribution in [2.75, 3.05) is 0 Å². The number of benzene rings is 2. The van der Waals surface area contributed by atoms with E-state index in [2.05, 4.69) is 19.1 Å². The van der Waals surface area contributed by atoms with E-state index in [-0.39, 0.29) is 5.56 Å². The molecule has 0 bridgehead atoms. The zero-order valence-electron chi connectivity index (χ0n) is 12.2. The molecule has 3 rings (SSSR count). The van der Waals surface area contributed by atoms with Crippen molar-refractivity contribution in [1.82, 2.24) is 0 Å². The number of carboxylic acid groups (broad SMARTS) is 1. The van der Waals surface area contributed by atoms with Gasteiger partial charge in [0.15, 0.2) is 0 Å². The molecule has 1 saturated carbocycles. The van der Waals surface area contributed by atoms with Crippen LogP contribution in [0.15, 0.2) is 42.5 Å². The molecular formula is C18H18O3. The van der Waals surface area contributed by atoms with E-state index in [1.807, 2.05) is 13.0 Å². The molecule has 1 aliphatic rings. The van der Waals surface area contributed by atoms with Gasteiger partial charge >= 0.3 is 5.97 Å². The lowest BCUT2D eigenvalue weighted by atomic mass is 9.96. The van der Waals surface area contributed by atoms with Gasteiger partial charge in [0.25, 0.3) is 0 Å². The van der Waals surface area contributed by atoms with Crippen LogP contribution >= 0.6 is 0 Å². The Morgan fingerprint density at radius 3 is 2.33 bits per heavy atom. The lowest BCUT2D eigenvalue weighted by Gasteiger charge is -2.13. The van der Waals surface area contributed by atoms with Gasteiger partial charge in [0.1, 0.15) is 11.5 Å². The predicted octanol–water partition coefficient (Wildman–Crippen LogP) is 4.54. The molecule has 1 fully saturated rings. The van der Waals surface area contributed by atoms with Crippen LogP contribution in [-0.2, 0) is 5.41 Å². The second-order valence-corrected chi connectivity index (χ2v) is 5.97. The van der Waals surface area contributed by atoms with Gasteiger partial charge in [0.05, 0.1) is 5.56 Å². The molecule has 0 atom stereocenters. The standard InChI is InChI=1S/C18H18O3/c1-12-11-14(18(2)9-10-18)5-8-16(12)21-15-6-3-13(4-7-15)17(19)20/h3-8,11H,9-10H2,1-2H3,(H,19,20). The first kappa shape index (κ1) is 13.7. The van der Waals surface area contributed by atoms with Crippen LogP contribution in [0.3, 0.4) is 0 Å². The first-order valence-corrected chi connectivity index (χ1v) is 7.10. The molecule has 0 saturated heterocycles. The Hall–Kier alpha value is -2.29. The molecule has 0 aliphatic heterocycles. The zero-order chi connectivity index (χ0) is 15.0. The fourth-order valence-electron chi connectivity index (χ4n) is 2.41. The molecule has 0 amide bonds. The summed E-state index contributed by atoms with van der Waals surface area (Å²) < 4.78 is 5.84. The molecule has 2 aromatic carbocycles. The van der Waals surface area contributed by atoms with Gasteiger partial charge in [0.2, 0.25) is 0 Å². The summed E-state index contributed by atoms with van der Waals surface area (Å²) in [5, 5.41) is 8.88. The van der Waals surface area contributed by atoms with Crippen LogP contribution in [0.2, 0.25) is 0 Å². The quantitative estimate of drug-likeness (QED) is 0.895. The van der Waals surface area contributed by atoms with Crippen molar-refractivity contribution in [3.05, 3.63) is 59.2 Å². The first-order valence-electron chi connectivity index (χ1n) is 7.10. The van der Waals surface area contributed by atoms with Crippen LogP contribution in [0.4, 0.5) is 0 Å². The van der Waals surface area contributed by atoms with Crippen LogP contribution in [0.25, 0.3) is 0 Å². The largest absolute Gasteiger partial charge is 0.478 e. The van der Waals surface area contributed by atoms with E-state index in [1.165, 1.54) is 18.4 Å². The van der Waals surface area contributed by atoms with Crippen molar-refractivity contribution in [3.8, 4) is 11.5 Å². The topological polar surface area (TPSA) is 46.5 Å². The first-order chi connectivity index (χ1) is 9.98. The normalized spacial score (nSPS) is 15.5. The molecule has 0 aromatic heterocycles. The third-order valence-electron chi connectivity index (χ3n) is 4.20. The van der Waals surface area contributed by atoms with E-state index in [4.69, 9.17) is 9.84 Å². The highest BCUT2D eigenvalue weighted by atomic mass is 16.5. The van der Waals surface area contributed by atoms with Crippen molar-refractivity contribution in [1.29, 1.82) is 0 Å². The van der Waals surface area contributed by atoms with Gasteiger partial charge in [-0.05, 0) is 66.6 Å². The summed E-state index contributed by atoms with van der Waals surface area (Å²) in [5.41, 5.74) is 3.08. The number of rotatable bonds is 4. The molecule has 0 spiro atoms. The molecule has 3 nitrogen and oxygen atoms in total. The Morgan fingerprint density at radius 2 is 1.81 bits per heavy atom. The minimum absolute atomic E-state index is 0.260. The zero-order valence-corrected chi connectivity index (χ0v) is 12.2. The third-order valence-corrected chi connectivity index (χ3v) is 4.20. The molecular weight excluding hydrogens is 264 g/mol. The molecule has 0 unspecified atom stereocenters. The average Bonchev–Trinajstić information content (AvgIpc) is 3.21. The Bertz CT molecular complexity index is 682. The van der Waals surface area contributed by atoms with E-state index in [1.54, 1.807) is 24.3 Å². The highest BCUT2D eigenvalue weighted by Crippen LogP contribution is 2.48. The maximum absolute atomic E-state index is 10.8. The summed E-state index contributed by atoms with van der Waals surface area (Å²) in [5.74, 6) is 0.527. The van der Waals surface area contributed by atoms with Crippen LogP contribution in [-0.4, -0.2) is 11.1 Å². The van der Waals surface area contributed by atoms with Gasteiger partial charge in [-0.25, -0.2) is 4.79 Å². The van der Waals surface area contributed by atoms with Gasteiger partial charge in [-0.3, -0.25) is 0 Å². The van der Waals surface area contributed by atoms with E-state index >= 15 is 0 Å². The minimum atomic E-state index is -0.931. The Kier molecular flexibility index (Phi) is 3.20. The third kappa shape index (κ3) is 2.77. The maximum atomic E-state index is 10.8. The SMILES string of the molecule is Cc1cc(C2(C)CC2)ccc1Oc1ccc(C(=O)O)cc1. The van der Waals surface area contributed by atoms with Gasteiger partial charge < -0.3 is 9.84 Å². The molecule has 108 valence electrons. The minimum Gasteiger partial charge on any atom is -0.478 e. The molecule has 2 aromatic rings. The molecule has 21 heavy (non-hydrogen) atoms. The van der Waals surface area contributed by atoms with E-state index in [0.29, 0.717) is 11.2 Å². The second kappa shape index (κ2) is 4.92. The summed E-state index contributed by atoms with van der Waals surface area (Å²) in [6, 6.07) is 12.8. The lowest BCUT2D eigenvalue weighted by molar-refractivity contribution is 0.0697. The number of hydrogen-bond acceptors (Lipinski definition) is 2. The van der Waals surface area contributed by atoms with Crippen molar-refractivity contribution >= 4 is 5.97 Å². The number of carbonyl (C=O) groups is 1. The molecule has 0 radical (unpaired) electrons. The number of hydrogen-bond donors (Lipinski definition) is 1. The monoisotopic (exact) mass is 282 g/mol. The van der Waals surface area contributed by atoms with Crippen molar-refractivity contribution in [2.45, 2.75) is 32.1 Å². The Labute approximate surface area is 124 Å². The predicted molar refractivity (Wildman–Crippen MR) is 81.2 cm³/mol. The van der Waals surface area contributed by atoms with Gasteiger partial charge in [0, 0.05) is 0 Å². The fourth-order valence-corrected chi connectivity index (χ4v) is 2.41. The summed E-state index contributed by atoms with van der Waals surface area (Å²) in [4.78, 5) is 10.8. The number of aromatic carboxylic acids is 1. The Balaban J connectivity index is 1.79. The number of carboxylic acids is 1. The number of aryl methyl sites for hydroxylation is 1. The summed E-state index contributed by atoms with van der Waals surface area (Å²) in [7, 11) is 0. The molecule has 0 heterocycles. The maximum Gasteiger partial charge on any atom is 0.335 e. The van der Waals surface area contributed by atoms with E-state index in [0.717, 1.165) is 11.3 Å². The summed E-state index contributed by atoms with van der Waals surface area (Å²) >= 11 is 0. The van der Waals surface area contributed by atoms with Crippen LogP contribution in [0, 0.1) is 6.92 Å². The van der Waals surface area contributed by atoms with Crippen molar-refractivity contribution in [3.63, 3.8) is 0 Å². The van der Waals surface area contributed by atoms with Gasteiger partial charge in [-0.1, -0.05) is 19.1 Å². The highest BCUT2D eigenvalue weighted by Gasteiger charge is 2.39. The smallest absolute Gasteiger partial charge is 0.335 e. The van der Waals surface area contributed by atoms with Gasteiger partial charge in [-0.15, -0.1) is 0 Å². The van der Waals surface area contributed by atoms with E-state index in [9.17, 15) is 4.79 Å². The van der Waals surface area contributed by atoms with Crippen molar-refractivity contribution in [2.24, 2.45) is 0 Å². The van der Waals surface area contributed by atoms with Gasteiger partial charge in [-0.2, -0.15) is 0 Å². The summed E-state index contributed by atoms with van der Waals surface area (Å²) in [6.07, 6.45) is 2.51. The Morgan fingerprint density at radius 1 is 1.14 bits per heavy atom. The second-order valence-electron chi connectivity index (χ2n) is 5.97. The molecule has 1 aliphatic carbocycles. The highest BCUT2D eigenvalue weighted by molar-refractivity contribution is 5.87. The fraction of sp³-hybridized carbons (Fsp3) is 0.278. The van der Waals surface area contributed by atoms with E-state index < -0.39 is 5.97 Å². The molecule has 1 N–H and O–H groups in total. The summed E-state index contributed by atoms with van der Waals surface area (Å²) in [6.45, 7) is 4.32. The van der Waals surface area contributed by atoms with Crippen LogP contribution in [0.1, 0.15) is 41.3 Å². The van der Waals surface area contributed by atoms with Crippen LogP contribution < -0.4 is 4.74 Å². The molecule has 3 heteroatoms. The van der Waals surface area contributed by atoms with Crippen molar-refractivity contribution < 1.29 is 14.6 Å². The van der Waals surface area contributed by atoms with Crippen LogP contribution in [0.5, 0.6) is 11.5 Å². The average molecular weight is 282 g/mol. The lowest BCUT2D eigenvalue weighted by Crippen LogP contribution is -2.00. The number of ether oxygens (including phenoxy) is 1.